The van der Waals surface area contributed by atoms with E-state index in [4.69, 9.17) is 0 Å². The van der Waals surface area contributed by atoms with Crippen LogP contribution < -0.4 is 0 Å². The molecule has 27 heavy (non-hydrogen) atoms. The zero-order chi connectivity index (χ0) is 19.7. The Morgan fingerprint density at radius 1 is 1.04 bits per heavy atom. The average Bonchev–Trinajstić information content (AvgIpc) is 2.75. The highest BCUT2D eigenvalue weighted by Crippen LogP contribution is 2.50. The number of unbranched alkanes of at least 4 members (excludes halogenated alkanes) is 1. The molecule has 0 aliphatic carbocycles. The van der Waals surface area contributed by atoms with Crippen LogP contribution in [0.15, 0.2) is 59.5 Å². The van der Waals surface area contributed by atoms with Crippen molar-refractivity contribution in [1.82, 2.24) is 0 Å². The summed E-state index contributed by atoms with van der Waals surface area (Å²) in [7, 11) is -3.66. The van der Waals surface area contributed by atoms with Gasteiger partial charge < -0.3 is 10.2 Å². The molecular formula is C22H28O4S. The molecule has 1 heterocycles. The number of rotatable bonds is 5. The highest BCUT2D eigenvalue weighted by atomic mass is 32.2. The molecule has 5 heteroatoms. The largest absolute Gasteiger partial charge is 0.389 e. The normalized spacial score (nSPS) is 29.7. The summed E-state index contributed by atoms with van der Waals surface area (Å²) in [6.45, 7) is 3.94. The highest BCUT2D eigenvalue weighted by Gasteiger charge is 2.56. The van der Waals surface area contributed by atoms with Gasteiger partial charge in [0.2, 0.25) is 0 Å². The number of fused-ring (bicyclic) bond motifs is 1. The third-order valence-electron chi connectivity index (χ3n) is 6.03. The molecule has 0 saturated carbocycles. The fourth-order valence-corrected chi connectivity index (χ4v) is 6.66. The van der Waals surface area contributed by atoms with Crippen LogP contribution in [-0.4, -0.2) is 30.5 Å². The Hall–Kier alpha value is -1.69. The Kier molecular flexibility index (Phi) is 5.48. The van der Waals surface area contributed by atoms with Gasteiger partial charge in [0.1, 0.15) is 5.60 Å². The number of hydrogen-bond donors (Lipinski definition) is 2. The van der Waals surface area contributed by atoms with E-state index in [0.29, 0.717) is 18.4 Å². The predicted molar refractivity (Wildman–Crippen MR) is 106 cm³/mol. The Morgan fingerprint density at radius 2 is 1.67 bits per heavy atom. The fraction of sp³-hybridized carbons (Fsp3) is 0.455. The van der Waals surface area contributed by atoms with Crippen LogP contribution in [0.4, 0.5) is 0 Å². The molecule has 0 bridgehead atoms. The van der Waals surface area contributed by atoms with E-state index in [1.165, 1.54) is 6.07 Å². The molecule has 0 aromatic heterocycles. The fourth-order valence-electron chi connectivity index (χ4n) is 4.39. The summed E-state index contributed by atoms with van der Waals surface area (Å²) in [5.74, 6) is -0.163. The van der Waals surface area contributed by atoms with Gasteiger partial charge in [0.15, 0.2) is 9.84 Å². The zero-order valence-corrected chi connectivity index (χ0v) is 16.7. The minimum atomic E-state index is -3.66. The number of aliphatic hydroxyl groups is 2. The molecule has 4 nitrogen and oxygen atoms in total. The van der Waals surface area contributed by atoms with Crippen molar-refractivity contribution in [3.63, 3.8) is 0 Å². The maximum atomic E-state index is 13.3. The molecule has 146 valence electrons. The third kappa shape index (κ3) is 3.22. The van der Waals surface area contributed by atoms with E-state index >= 15 is 0 Å². The first-order chi connectivity index (χ1) is 12.8. The van der Waals surface area contributed by atoms with Gasteiger partial charge >= 0.3 is 0 Å². The molecule has 0 saturated heterocycles. The summed E-state index contributed by atoms with van der Waals surface area (Å²) in [6.07, 6.45) is 1.47. The summed E-state index contributed by atoms with van der Waals surface area (Å²) in [5, 5.41) is 23.5. The molecule has 1 aliphatic rings. The van der Waals surface area contributed by atoms with Crippen molar-refractivity contribution in [3.05, 3.63) is 65.7 Å². The van der Waals surface area contributed by atoms with Crippen molar-refractivity contribution in [2.75, 3.05) is 5.75 Å². The van der Waals surface area contributed by atoms with Gasteiger partial charge in [-0.1, -0.05) is 75.2 Å². The van der Waals surface area contributed by atoms with Gasteiger partial charge in [-0.3, -0.25) is 0 Å². The summed E-state index contributed by atoms with van der Waals surface area (Å²) >= 11 is 0. The van der Waals surface area contributed by atoms with Crippen LogP contribution in [0.5, 0.6) is 0 Å². The lowest BCUT2D eigenvalue weighted by Crippen LogP contribution is -2.52. The minimum Gasteiger partial charge on any atom is -0.389 e. The van der Waals surface area contributed by atoms with E-state index in [1.807, 2.05) is 19.9 Å². The highest BCUT2D eigenvalue weighted by molar-refractivity contribution is 7.91. The molecule has 3 atom stereocenters. The van der Waals surface area contributed by atoms with E-state index in [9.17, 15) is 18.6 Å². The maximum absolute atomic E-state index is 13.3. The predicted octanol–water partition coefficient (Wildman–Crippen LogP) is 3.66. The molecule has 3 rings (SSSR count). The summed E-state index contributed by atoms with van der Waals surface area (Å²) in [5.41, 5.74) is -1.93. The smallest absolute Gasteiger partial charge is 0.179 e. The molecule has 0 spiro atoms. The van der Waals surface area contributed by atoms with Crippen LogP contribution >= 0.6 is 0 Å². The minimum absolute atomic E-state index is 0.113. The van der Waals surface area contributed by atoms with Crippen molar-refractivity contribution >= 4 is 9.84 Å². The van der Waals surface area contributed by atoms with E-state index in [-0.39, 0.29) is 16.2 Å². The van der Waals surface area contributed by atoms with Crippen molar-refractivity contribution in [2.24, 2.45) is 5.41 Å². The molecule has 0 radical (unpaired) electrons. The van der Waals surface area contributed by atoms with Crippen molar-refractivity contribution < 1.29 is 18.6 Å². The van der Waals surface area contributed by atoms with E-state index in [1.54, 1.807) is 42.5 Å². The van der Waals surface area contributed by atoms with Gasteiger partial charge in [-0.2, -0.15) is 0 Å². The van der Waals surface area contributed by atoms with Crippen LogP contribution in [0.3, 0.4) is 0 Å². The monoisotopic (exact) mass is 388 g/mol. The van der Waals surface area contributed by atoms with E-state index in [0.717, 1.165) is 12.8 Å². The van der Waals surface area contributed by atoms with Gasteiger partial charge in [-0.05, 0) is 24.5 Å². The number of aliphatic hydroxyl groups excluding tert-OH is 1. The molecule has 0 amide bonds. The second kappa shape index (κ2) is 7.38. The summed E-state index contributed by atoms with van der Waals surface area (Å²) in [4.78, 5) is 0.113. The number of hydrogen-bond acceptors (Lipinski definition) is 4. The van der Waals surface area contributed by atoms with E-state index in [2.05, 4.69) is 0 Å². The second-order valence-corrected chi connectivity index (χ2v) is 9.57. The Labute approximate surface area is 161 Å². The molecule has 1 aliphatic heterocycles. The second-order valence-electron chi connectivity index (χ2n) is 7.61. The Balaban J connectivity index is 2.34. The summed E-state index contributed by atoms with van der Waals surface area (Å²) < 4.78 is 26.5. The first-order valence-electron chi connectivity index (χ1n) is 9.60. The van der Waals surface area contributed by atoms with Gasteiger partial charge in [0, 0.05) is 11.0 Å². The number of benzene rings is 2. The Bertz CT molecular complexity index is 894. The molecular weight excluding hydrogens is 360 g/mol. The van der Waals surface area contributed by atoms with Gasteiger partial charge in [0.05, 0.1) is 16.8 Å². The van der Waals surface area contributed by atoms with Gasteiger partial charge in [0.25, 0.3) is 0 Å². The molecule has 2 N–H and O–H groups in total. The van der Waals surface area contributed by atoms with Crippen molar-refractivity contribution in [1.29, 1.82) is 0 Å². The van der Waals surface area contributed by atoms with Gasteiger partial charge in [-0.15, -0.1) is 0 Å². The molecule has 0 fully saturated rings. The van der Waals surface area contributed by atoms with E-state index < -0.39 is 27.0 Å². The first kappa shape index (κ1) is 20.1. The lowest BCUT2D eigenvalue weighted by molar-refractivity contribution is -0.114. The van der Waals surface area contributed by atoms with Gasteiger partial charge in [-0.25, -0.2) is 8.42 Å². The third-order valence-corrected chi connectivity index (χ3v) is 8.01. The lowest BCUT2D eigenvalue weighted by Gasteiger charge is -2.44. The molecule has 2 aromatic carbocycles. The first-order valence-corrected chi connectivity index (χ1v) is 11.3. The SMILES string of the molecule is CCCCC1(CC)CS(=O)(=O)c2ccccc2C(O)(c2ccccc2)C1O. The van der Waals surface area contributed by atoms with Crippen LogP contribution in [0, 0.1) is 5.41 Å². The summed E-state index contributed by atoms with van der Waals surface area (Å²) in [6, 6.07) is 15.5. The zero-order valence-electron chi connectivity index (χ0n) is 15.9. The van der Waals surface area contributed by atoms with Crippen LogP contribution in [0.25, 0.3) is 0 Å². The van der Waals surface area contributed by atoms with Crippen LogP contribution in [0.2, 0.25) is 0 Å². The quantitative estimate of drug-likeness (QED) is 0.820. The van der Waals surface area contributed by atoms with Crippen molar-refractivity contribution in [3.8, 4) is 0 Å². The average molecular weight is 389 g/mol. The molecule has 3 unspecified atom stereocenters. The van der Waals surface area contributed by atoms with Crippen molar-refractivity contribution in [2.45, 2.75) is 56.1 Å². The lowest BCUT2D eigenvalue weighted by atomic mass is 9.66. The number of sulfone groups is 1. The van der Waals surface area contributed by atoms with Crippen LogP contribution in [-0.2, 0) is 15.4 Å². The standard InChI is InChI=1S/C22H28O4S/c1-3-5-15-21(4-2)16-27(25,26)19-14-10-9-13-18(19)22(24,20(21)23)17-11-7-6-8-12-17/h6-14,20,23-24H,3-5,15-16H2,1-2H3. The topological polar surface area (TPSA) is 74.6 Å². The Morgan fingerprint density at radius 3 is 2.30 bits per heavy atom. The maximum Gasteiger partial charge on any atom is 0.179 e. The van der Waals surface area contributed by atoms with Crippen LogP contribution in [0.1, 0.15) is 50.7 Å². The molecule has 2 aromatic rings.